The number of aryl methyl sites for hydroxylation is 1. The van der Waals surface area contributed by atoms with Crippen LogP contribution in [-0.4, -0.2) is 23.9 Å². The molecule has 2 aliphatic rings. The highest BCUT2D eigenvalue weighted by molar-refractivity contribution is 5.43. The Hall–Kier alpha value is -1.06. The average Bonchev–Trinajstić information content (AvgIpc) is 2.65. The molecular formula is C17H25NO2. The lowest BCUT2D eigenvalue weighted by molar-refractivity contribution is 0.114. The minimum Gasteiger partial charge on any atom is -0.493 e. The molecule has 0 aromatic heterocycles. The van der Waals surface area contributed by atoms with Gasteiger partial charge in [-0.05, 0) is 51.0 Å². The van der Waals surface area contributed by atoms with Crippen LogP contribution in [0.5, 0.6) is 5.75 Å². The van der Waals surface area contributed by atoms with E-state index in [0.717, 1.165) is 50.9 Å². The molecule has 1 fully saturated rings. The SMILES string of the molecule is Cc1cccc2c1OCCC[C@@H]2NC1CCC(O)CC1. The number of hydrogen-bond donors (Lipinski definition) is 2. The highest BCUT2D eigenvalue weighted by Crippen LogP contribution is 2.35. The fourth-order valence-corrected chi connectivity index (χ4v) is 3.46. The van der Waals surface area contributed by atoms with E-state index in [-0.39, 0.29) is 6.10 Å². The Morgan fingerprint density at radius 3 is 2.75 bits per heavy atom. The van der Waals surface area contributed by atoms with E-state index >= 15 is 0 Å². The van der Waals surface area contributed by atoms with E-state index < -0.39 is 0 Å². The van der Waals surface area contributed by atoms with Gasteiger partial charge in [0.25, 0.3) is 0 Å². The van der Waals surface area contributed by atoms with Crippen LogP contribution in [0.15, 0.2) is 18.2 Å². The summed E-state index contributed by atoms with van der Waals surface area (Å²) in [5.74, 6) is 1.08. The van der Waals surface area contributed by atoms with Gasteiger partial charge in [-0.1, -0.05) is 18.2 Å². The van der Waals surface area contributed by atoms with E-state index in [0.29, 0.717) is 12.1 Å². The van der Waals surface area contributed by atoms with Crippen LogP contribution in [0.4, 0.5) is 0 Å². The molecule has 1 aromatic carbocycles. The smallest absolute Gasteiger partial charge is 0.126 e. The summed E-state index contributed by atoms with van der Waals surface area (Å²) < 4.78 is 5.94. The van der Waals surface area contributed by atoms with E-state index in [1.807, 2.05) is 0 Å². The predicted molar refractivity (Wildman–Crippen MR) is 80.0 cm³/mol. The number of aliphatic hydroxyl groups is 1. The van der Waals surface area contributed by atoms with E-state index in [1.165, 1.54) is 11.1 Å². The van der Waals surface area contributed by atoms with Crippen LogP contribution in [0, 0.1) is 6.92 Å². The number of aliphatic hydroxyl groups excluding tert-OH is 1. The molecule has 0 amide bonds. The zero-order chi connectivity index (χ0) is 13.9. The molecule has 0 radical (unpaired) electrons. The lowest BCUT2D eigenvalue weighted by Crippen LogP contribution is -2.37. The molecule has 1 aliphatic carbocycles. The molecule has 1 heterocycles. The molecule has 1 aromatic rings. The van der Waals surface area contributed by atoms with Gasteiger partial charge in [0, 0.05) is 17.6 Å². The Morgan fingerprint density at radius 2 is 1.95 bits per heavy atom. The minimum absolute atomic E-state index is 0.0833. The van der Waals surface area contributed by atoms with Gasteiger partial charge in [0.05, 0.1) is 12.7 Å². The van der Waals surface area contributed by atoms with Crippen molar-refractivity contribution >= 4 is 0 Å². The van der Waals surface area contributed by atoms with Crippen LogP contribution in [-0.2, 0) is 0 Å². The first kappa shape index (κ1) is 13.9. The van der Waals surface area contributed by atoms with Crippen LogP contribution < -0.4 is 10.1 Å². The van der Waals surface area contributed by atoms with Crippen molar-refractivity contribution < 1.29 is 9.84 Å². The maximum absolute atomic E-state index is 9.62. The van der Waals surface area contributed by atoms with Crippen molar-refractivity contribution in [3.63, 3.8) is 0 Å². The van der Waals surface area contributed by atoms with Crippen molar-refractivity contribution in [3.05, 3.63) is 29.3 Å². The average molecular weight is 275 g/mol. The number of rotatable bonds is 2. The van der Waals surface area contributed by atoms with Crippen molar-refractivity contribution in [2.24, 2.45) is 0 Å². The van der Waals surface area contributed by atoms with Gasteiger partial charge in [-0.25, -0.2) is 0 Å². The summed E-state index contributed by atoms with van der Waals surface area (Å²) in [5.41, 5.74) is 2.55. The summed E-state index contributed by atoms with van der Waals surface area (Å²) in [4.78, 5) is 0. The zero-order valence-electron chi connectivity index (χ0n) is 12.3. The fourth-order valence-electron chi connectivity index (χ4n) is 3.46. The molecule has 0 spiro atoms. The topological polar surface area (TPSA) is 41.5 Å². The quantitative estimate of drug-likeness (QED) is 0.871. The Morgan fingerprint density at radius 1 is 1.15 bits per heavy atom. The van der Waals surface area contributed by atoms with Crippen molar-refractivity contribution in [2.45, 2.75) is 63.6 Å². The number of ether oxygens (including phenoxy) is 1. The molecule has 20 heavy (non-hydrogen) atoms. The Balaban J connectivity index is 1.75. The first-order chi connectivity index (χ1) is 9.74. The van der Waals surface area contributed by atoms with Gasteiger partial charge in [0.1, 0.15) is 5.75 Å². The molecule has 1 saturated carbocycles. The number of para-hydroxylation sites is 1. The number of nitrogens with one attached hydrogen (secondary N) is 1. The van der Waals surface area contributed by atoms with Gasteiger partial charge >= 0.3 is 0 Å². The number of hydrogen-bond acceptors (Lipinski definition) is 3. The van der Waals surface area contributed by atoms with Crippen LogP contribution in [0.25, 0.3) is 0 Å². The highest BCUT2D eigenvalue weighted by atomic mass is 16.5. The molecular weight excluding hydrogens is 250 g/mol. The van der Waals surface area contributed by atoms with Gasteiger partial charge in [-0.3, -0.25) is 0 Å². The first-order valence-corrected chi connectivity index (χ1v) is 7.90. The van der Waals surface area contributed by atoms with Crippen LogP contribution in [0.3, 0.4) is 0 Å². The van der Waals surface area contributed by atoms with E-state index in [1.54, 1.807) is 0 Å². The summed E-state index contributed by atoms with van der Waals surface area (Å²) in [6, 6.07) is 7.38. The molecule has 2 N–H and O–H groups in total. The minimum atomic E-state index is -0.0833. The van der Waals surface area contributed by atoms with E-state index in [4.69, 9.17) is 4.74 Å². The summed E-state index contributed by atoms with van der Waals surface area (Å²) in [6.07, 6.45) is 6.18. The van der Waals surface area contributed by atoms with Crippen LogP contribution in [0.1, 0.15) is 55.7 Å². The standard InChI is InChI=1S/C17H25NO2/c1-12-4-2-5-15-16(6-3-11-20-17(12)15)18-13-7-9-14(19)10-8-13/h2,4-5,13-14,16,18-19H,3,6-11H2,1H3/t13?,14?,16-/m0/s1. The second-order valence-corrected chi connectivity index (χ2v) is 6.21. The maximum atomic E-state index is 9.62. The van der Waals surface area contributed by atoms with Gasteiger partial charge in [-0.15, -0.1) is 0 Å². The first-order valence-electron chi connectivity index (χ1n) is 7.90. The molecule has 1 aliphatic heterocycles. The third-order valence-corrected chi connectivity index (χ3v) is 4.63. The Bertz CT molecular complexity index is 452. The Kier molecular flexibility index (Phi) is 4.27. The normalized spacial score (nSPS) is 30.2. The van der Waals surface area contributed by atoms with Crippen LogP contribution in [0.2, 0.25) is 0 Å². The van der Waals surface area contributed by atoms with E-state index in [9.17, 15) is 5.11 Å². The highest BCUT2D eigenvalue weighted by Gasteiger charge is 2.26. The van der Waals surface area contributed by atoms with E-state index in [2.05, 4.69) is 30.4 Å². The van der Waals surface area contributed by atoms with Crippen molar-refractivity contribution in [3.8, 4) is 5.75 Å². The van der Waals surface area contributed by atoms with Crippen molar-refractivity contribution in [1.82, 2.24) is 5.32 Å². The Labute approximate surface area is 121 Å². The third-order valence-electron chi connectivity index (χ3n) is 4.63. The summed E-state index contributed by atoms with van der Waals surface area (Å²) in [7, 11) is 0. The lowest BCUT2D eigenvalue weighted by Gasteiger charge is -2.30. The number of benzene rings is 1. The summed E-state index contributed by atoms with van der Waals surface area (Å²) in [6.45, 7) is 2.94. The fraction of sp³-hybridized carbons (Fsp3) is 0.647. The molecule has 1 atom stereocenters. The number of fused-ring (bicyclic) bond motifs is 1. The zero-order valence-corrected chi connectivity index (χ0v) is 12.3. The summed E-state index contributed by atoms with van der Waals surface area (Å²) >= 11 is 0. The molecule has 0 unspecified atom stereocenters. The molecule has 0 bridgehead atoms. The molecule has 3 nitrogen and oxygen atoms in total. The van der Waals surface area contributed by atoms with Gasteiger partial charge < -0.3 is 15.2 Å². The van der Waals surface area contributed by atoms with Gasteiger partial charge in [-0.2, -0.15) is 0 Å². The molecule has 3 rings (SSSR count). The van der Waals surface area contributed by atoms with Gasteiger partial charge in [0.2, 0.25) is 0 Å². The third kappa shape index (κ3) is 2.99. The largest absolute Gasteiger partial charge is 0.493 e. The van der Waals surface area contributed by atoms with Crippen molar-refractivity contribution in [1.29, 1.82) is 0 Å². The molecule has 0 saturated heterocycles. The second kappa shape index (κ2) is 6.15. The predicted octanol–water partition coefficient (Wildman–Crippen LogP) is 3.10. The monoisotopic (exact) mass is 275 g/mol. The lowest BCUT2D eigenvalue weighted by atomic mass is 9.91. The maximum Gasteiger partial charge on any atom is 0.126 e. The molecule has 110 valence electrons. The second-order valence-electron chi connectivity index (χ2n) is 6.21. The van der Waals surface area contributed by atoms with Gasteiger partial charge in [0.15, 0.2) is 0 Å². The van der Waals surface area contributed by atoms with Crippen molar-refractivity contribution in [2.75, 3.05) is 6.61 Å². The van der Waals surface area contributed by atoms with Crippen LogP contribution >= 0.6 is 0 Å². The summed E-state index contributed by atoms with van der Waals surface area (Å²) in [5, 5.41) is 13.4. The molecule has 3 heteroatoms.